The van der Waals surface area contributed by atoms with Crippen molar-refractivity contribution in [2.24, 2.45) is 0 Å². The maximum absolute atomic E-state index is 10.4. The largest absolute Gasteiger partial charge is 0.496 e. The summed E-state index contributed by atoms with van der Waals surface area (Å²) in [6.07, 6.45) is 1.49. The molecule has 4 rings (SSSR count). The Hall–Kier alpha value is -2.67. The highest BCUT2D eigenvalue weighted by Gasteiger charge is 2.30. The molecule has 0 radical (unpaired) electrons. The number of aliphatic hydroxyl groups is 1. The second kappa shape index (κ2) is 9.89. The Kier molecular flexibility index (Phi) is 6.79. The van der Waals surface area contributed by atoms with E-state index < -0.39 is 6.10 Å². The molecule has 0 amide bonds. The van der Waals surface area contributed by atoms with E-state index in [-0.39, 0.29) is 12.2 Å². The van der Waals surface area contributed by atoms with Crippen LogP contribution in [0, 0.1) is 0 Å². The van der Waals surface area contributed by atoms with Crippen LogP contribution in [-0.2, 0) is 17.7 Å². The van der Waals surface area contributed by atoms with Gasteiger partial charge in [-0.05, 0) is 18.9 Å². The molecule has 158 valence electrons. The van der Waals surface area contributed by atoms with Crippen molar-refractivity contribution < 1.29 is 19.1 Å². The topological polar surface area (TPSA) is 76.8 Å². The molecule has 0 unspecified atom stereocenters. The van der Waals surface area contributed by atoms with Gasteiger partial charge in [-0.1, -0.05) is 53.7 Å². The average Bonchev–Trinajstić information content (AvgIpc) is 3.25. The first-order valence-electron chi connectivity index (χ1n) is 10.4. The molecule has 2 aromatic carbocycles. The van der Waals surface area contributed by atoms with Crippen LogP contribution >= 0.6 is 0 Å². The van der Waals surface area contributed by atoms with Gasteiger partial charge in [0.05, 0.1) is 31.1 Å². The summed E-state index contributed by atoms with van der Waals surface area (Å²) in [6, 6.07) is 19.8. The number of hydrogen-bond acceptors (Lipinski definition) is 6. The van der Waals surface area contributed by atoms with Crippen molar-refractivity contribution in [3.05, 3.63) is 71.9 Å². The second-order valence-corrected chi connectivity index (χ2v) is 7.64. The molecule has 2 heterocycles. The Morgan fingerprint density at radius 2 is 1.90 bits per heavy atom. The molecular weight excluding hydrogens is 380 g/mol. The van der Waals surface area contributed by atoms with Gasteiger partial charge in [0.2, 0.25) is 0 Å². The molecule has 0 bridgehead atoms. The first-order valence-corrected chi connectivity index (χ1v) is 10.4. The fourth-order valence-electron chi connectivity index (χ4n) is 3.86. The van der Waals surface area contributed by atoms with Crippen LogP contribution in [0.4, 0.5) is 0 Å². The molecular formula is C24H28N2O4. The minimum Gasteiger partial charge on any atom is -0.496 e. The lowest BCUT2D eigenvalue weighted by atomic mass is 9.98. The monoisotopic (exact) mass is 408 g/mol. The molecule has 2 N–H and O–H groups in total. The minimum absolute atomic E-state index is 0.0141. The van der Waals surface area contributed by atoms with Crippen LogP contribution in [0.5, 0.6) is 5.75 Å². The van der Waals surface area contributed by atoms with Crippen LogP contribution in [0.3, 0.4) is 0 Å². The zero-order valence-electron chi connectivity index (χ0n) is 17.2. The Morgan fingerprint density at radius 1 is 1.10 bits per heavy atom. The molecule has 1 aromatic heterocycles. The van der Waals surface area contributed by atoms with Gasteiger partial charge < -0.3 is 24.4 Å². The van der Waals surface area contributed by atoms with Crippen LogP contribution in [0.1, 0.15) is 24.1 Å². The Balaban J connectivity index is 1.31. The second-order valence-electron chi connectivity index (χ2n) is 7.64. The zero-order valence-corrected chi connectivity index (χ0v) is 17.2. The van der Waals surface area contributed by atoms with Gasteiger partial charge in [0.15, 0.2) is 5.76 Å². The lowest BCUT2D eigenvalue weighted by Crippen LogP contribution is -2.45. The van der Waals surface area contributed by atoms with E-state index in [0.29, 0.717) is 19.5 Å². The van der Waals surface area contributed by atoms with Crippen LogP contribution in [0.25, 0.3) is 11.3 Å². The molecule has 0 spiro atoms. The van der Waals surface area contributed by atoms with Gasteiger partial charge in [0.1, 0.15) is 5.75 Å². The van der Waals surface area contributed by atoms with Crippen LogP contribution < -0.4 is 10.1 Å². The molecule has 6 heteroatoms. The third-order valence-electron chi connectivity index (χ3n) is 5.49. The fourth-order valence-corrected chi connectivity index (χ4v) is 3.86. The summed E-state index contributed by atoms with van der Waals surface area (Å²) in [4.78, 5) is 0. The number of ether oxygens (including phenoxy) is 2. The molecule has 1 aliphatic rings. The standard InChI is InChI=1S/C24H28N2O4/c1-28-22-10-6-5-9-18(22)15-25-16-24-21(27)12-11-20(29-24)13-19-14-23(30-26-19)17-7-3-2-4-8-17/h2-10,14,20-21,24-25,27H,11-13,15-16H2,1H3/t20-,21-,24+/m0/s1. The number of methoxy groups -OCH3 is 1. The number of aliphatic hydroxyl groups excluding tert-OH is 1. The molecule has 3 aromatic rings. The van der Waals surface area contributed by atoms with Gasteiger partial charge in [-0.25, -0.2) is 0 Å². The van der Waals surface area contributed by atoms with E-state index in [1.807, 2.05) is 60.7 Å². The maximum atomic E-state index is 10.4. The van der Waals surface area contributed by atoms with E-state index in [2.05, 4.69) is 10.5 Å². The maximum Gasteiger partial charge on any atom is 0.167 e. The smallest absolute Gasteiger partial charge is 0.167 e. The van der Waals surface area contributed by atoms with Gasteiger partial charge in [-0.2, -0.15) is 0 Å². The normalized spacial score (nSPS) is 21.5. The van der Waals surface area contributed by atoms with Gasteiger partial charge in [-0.15, -0.1) is 0 Å². The van der Waals surface area contributed by atoms with E-state index in [1.54, 1.807) is 7.11 Å². The fraction of sp³-hybridized carbons (Fsp3) is 0.375. The van der Waals surface area contributed by atoms with Crippen molar-refractivity contribution in [3.8, 4) is 17.1 Å². The number of para-hydroxylation sites is 1. The molecule has 0 saturated carbocycles. The van der Waals surface area contributed by atoms with Crippen molar-refractivity contribution in [2.45, 2.75) is 44.1 Å². The van der Waals surface area contributed by atoms with Crippen molar-refractivity contribution in [2.75, 3.05) is 13.7 Å². The quantitative estimate of drug-likeness (QED) is 0.593. The Morgan fingerprint density at radius 3 is 2.73 bits per heavy atom. The van der Waals surface area contributed by atoms with E-state index >= 15 is 0 Å². The molecule has 0 aliphatic carbocycles. The molecule has 1 fully saturated rings. The summed E-state index contributed by atoms with van der Waals surface area (Å²) < 4.78 is 17.1. The summed E-state index contributed by atoms with van der Waals surface area (Å²) in [6.45, 7) is 1.23. The SMILES string of the molecule is COc1ccccc1CNC[C@H]1O[C@H](Cc2cc(-c3ccccc3)on2)CC[C@@H]1O. The number of hydrogen-bond donors (Lipinski definition) is 2. The number of benzene rings is 2. The number of nitrogens with one attached hydrogen (secondary N) is 1. The molecule has 1 aliphatic heterocycles. The van der Waals surface area contributed by atoms with Crippen molar-refractivity contribution >= 4 is 0 Å². The number of aromatic nitrogens is 1. The molecule has 30 heavy (non-hydrogen) atoms. The Labute approximate surface area is 176 Å². The summed E-state index contributed by atoms with van der Waals surface area (Å²) in [7, 11) is 1.67. The van der Waals surface area contributed by atoms with Crippen molar-refractivity contribution in [1.29, 1.82) is 0 Å². The zero-order chi connectivity index (χ0) is 20.8. The Bertz CT molecular complexity index is 928. The lowest BCUT2D eigenvalue weighted by Gasteiger charge is -2.34. The predicted octanol–water partition coefficient (Wildman–Crippen LogP) is 3.59. The van der Waals surface area contributed by atoms with E-state index in [0.717, 1.165) is 41.2 Å². The molecule has 1 saturated heterocycles. The van der Waals surface area contributed by atoms with Gasteiger partial charge in [0.25, 0.3) is 0 Å². The first-order chi connectivity index (χ1) is 14.7. The van der Waals surface area contributed by atoms with E-state index in [9.17, 15) is 5.11 Å². The lowest BCUT2D eigenvalue weighted by molar-refractivity contribution is -0.115. The highest BCUT2D eigenvalue weighted by molar-refractivity contribution is 5.56. The predicted molar refractivity (Wildman–Crippen MR) is 114 cm³/mol. The van der Waals surface area contributed by atoms with Gasteiger partial charge >= 0.3 is 0 Å². The third-order valence-corrected chi connectivity index (χ3v) is 5.49. The highest BCUT2D eigenvalue weighted by Crippen LogP contribution is 2.25. The van der Waals surface area contributed by atoms with Crippen molar-refractivity contribution in [3.63, 3.8) is 0 Å². The summed E-state index contributed by atoms with van der Waals surface area (Å²) in [5, 5.41) is 18.0. The summed E-state index contributed by atoms with van der Waals surface area (Å²) in [5.41, 5.74) is 2.96. The van der Waals surface area contributed by atoms with E-state index in [1.165, 1.54) is 0 Å². The van der Waals surface area contributed by atoms with Gasteiger partial charge in [-0.3, -0.25) is 0 Å². The molecule has 3 atom stereocenters. The van der Waals surface area contributed by atoms with Crippen LogP contribution in [0.15, 0.2) is 65.2 Å². The van der Waals surface area contributed by atoms with Crippen molar-refractivity contribution in [1.82, 2.24) is 10.5 Å². The number of nitrogens with zero attached hydrogens (tertiary/aromatic N) is 1. The highest BCUT2D eigenvalue weighted by atomic mass is 16.5. The minimum atomic E-state index is -0.469. The van der Waals surface area contributed by atoms with Crippen LogP contribution in [-0.4, -0.2) is 42.2 Å². The van der Waals surface area contributed by atoms with E-state index in [4.69, 9.17) is 14.0 Å². The third kappa shape index (κ3) is 5.08. The van der Waals surface area contributed by atoms with Crippen LogP contribution in [0.2, 0.25) is 0 Å². The first kappa shape index (κ1) is 20.6. The summed E-state index contributed by atoms with van der Waals surface area (Å²) >= 11 is 0. The number of rotatable bonds is 8. The molecule has 6 nitrogen and oxygen atoms in total. The average molecular weight is 408 g/mol. The summed E-state index contributed by atoms with van der Waals surface area (Å²) in [5.74, 6) is 1.62. The van der Waals surface area contributed by atoms with Gasteiger partial charge in [0, 0.05) is 36.7 Å².